The van der Waals surface area contributed by atoms with E-state index in [2.05, 4.69) is 38.0 Å². The number of rotatable bonds is 5. The number of hydrogen-bond acceptors (Lipinski definition) is 3. The van der Waals surface area contributed by atoms with E-state index in [0.29, 0.717) is 18.2 Å². The average Bonchev–Trinajstić information content (AvgIpc) is 2.88. The molecular formula is C16H32N2O. The first-order chi connectivity index (χ1) is 9.15. The highest BCUT2D eigenvalue weighted by Gasteiger charge is 2.37. The second-order valence-electron chi connectivity index (χ2n) is 6.66. The molecule has 1 saturated carbocycles. The summed E-state index contributed by atoms with van der Waals surface area (Å²) in [7, 11) is 2.13. The number of likely N-dealkylation sites (N-methyl/N-ethyl adjacent to an activating group) is 2. The van der Waals surface area contributed by atoms with Gasteiger partial charge < -0.3 is 10.1 Å². The molecule has 5 atom stereocenters. The summed E-state index contributed by atoms with van der Waals surface area (Å²) in [4.78, 5) is 2.67. The Hall–Kier alpha value is -0.120. The van der Waals surface area contributed by atoms with Crippen molar-refractivity contribution in [1.29, 1.82) is 0 Å². The van der Waals surface area contributed by atoms with Gasteiger partial charge in [0.25, 0.3) is 0 Å². The third kappa shape index (κ3) is 3.71. The molecule has 1 heterocycles. The van der Waals surface area contributed by atoms with E-state index in [0.717, 1.165) is 31.5 Å². The van der Waals surface area contributed by atoms with Crippen molar-refractivity contribution in [3.05, 3.63) is 0 Å². The van der Waals surface area contributed by atoms with Gasteiger partial charge in [-0.05, 0) is 51.1 Å². The zero-order valence-electron chi connectivity index (χ0n) is 13.2. The fraction of sp³-hybridized carbons (Fsp3) is 1.00. The molecule has 3 nitrogen and oxygen atoms in total. The molecule has 0 radical (unpaired) electrons. The van der Waals surface area contributed by atoms with Gasteiger partial charge in [-0.3, -0.25) is 4.90 Å². The van der Waals surface area contributed by atoms with Crippen LogP contribution in [0.5, 0.6) is 0 Å². The largest absolute Gasteiger partial charge is 0.377 e. The van der Waals surface area contributed by atoms with E-state index in [1.54, 1.807) is 0 Å². The highest BCUT2D eigenvalue weighted by molar-refractivity contribution is 4.94. The molecule has 1 aliphatic carbocycles. The molecule has 2 rings (SSSR count). The minimum atomic E-state index is 0.476. The Morgan fingerprint density at radius 1 is 1.26 bits per heavy atom. The predicted octanol–water partition coefficient (Wildman–Crippen LogP) is 2.51. The topological polar surface area (TPSA) is 24.5 Å². The van der Waals surface area contributed by atoms with Crippen molar-refractivity contribution < 1.29 is 4.74 Å². The normalized spacial score (nSPS) is 39.9. The minimum absolute atomic E-state index is 0.476. The van der Waals surface area contributed by atoms with Crippen molar-refractivity contribution >= 4 is 0 Å². The van der Waals surface area contributed by atoms with Crippen molar-refractivity contribution in [3.63, 3.8) is 0 Å². The summed E-state index contributed by atoms with van der Waals surface area (Å²) in [5.74, 6) is 1.63. The Kier molecular flexibility index (Phi) is 5.67. The van der Waals surface area contributed by atoms with Crippen LogP contribution >= 0.6 is 0 Å². The third-order valence-corrected chi connectivity index (χ3v) is 5.09. The van der Waals surface area contributed by atoms with Crippen LogP contribution in [0.2, 0.25) is 0 Å². The average molecular weight is 268 g/mol. The Balaban J connectivity index is 2.01. The summed E-state index contributed by atoms with van der Waals surface area (Å²) in [6.07, 6.45) is 5.65. The molecule has 1 aliphatic heterocycles. The SMILES string of the molecule is CCN(CC1CCCO1)C1C(C)CC(C)CC1NC. The van der Waals surface area contributed by atoms with Crippen LogP contribution in [0, 0.1) is 11.8 Å². The van der Waals surface area contributed by atoms with Gasteiger partial charge in [-0.2, -0.15) is 0 Å². The zero-order valence-corrected chi connectivity index (χ0v) is 13.2. The Morgan fingerprint density at radius 3 is 2.63 bits per heavy atom. The molecule has 0 spiro atoms. The molecule has 112 valence electrons. The molecule has 19 heavy (non-hydrogen) atoms. The molecular weight excluding hydrogens is 236 g/mol. The van der Waals surface area contributed by atoms with Crippen LogP contribution in [0.15, 0.2) is 0 Å². The van der Waals surface area contributed by atoms with Crippen LogP contribution in [0.1, 0.15) is 46.5 Å². The lowest BCUT2D eigenvalue weighted by Crippen LogP contribution is -2.57. The summed E-state index contributed by atoms with van der Waals surface area (Å²) in [5.41, 5.74) is 0. The summed E-state index contributed by atoms with van der Waals surface area (Å²) >= 11 is 0. The Morgan fingerprint density at radius 2 is 2.05 bits per heavy atom. The quantitative estimate of drug-likeness (QED) is 0.829. The van der Waals surface area contributed by atoms with E-state index in [1.807, 2.05) is 0 Å². The summed E-state index contributed by atoms with van der Waals surface area (Å²) in [6.45, 7) is 10.4. The lowest BCUT2D eigenvalue weighted by Gasteiger charge is -2.46. The second-order valence-corrected chi connectivity index (χ2v) is 6.66. The number of hydrogen-bond donors (Lipinski definition) is 1. The van der Waals surface area contributed by atoms with E-state index in [9.17, 15) is 0 Å². The molecule has 0 aromatic rings. The fourth-order valence-electron chi connectivity index (χ4n) is 4.25. The maximum absolute atomic E-state index is 5.84. The van der Waals surface area contributed by atoms with Gasteiger partial charge in [0, 0.05) is 25.2 Å². The van der Waals surface area contributed by atoms with Crippen LogP contribution < -0.4 is 5.32 Å². The van der Waals surface area contributed by atoms with Crippen LogP contribution in [0.3, 0.4) is 0 Å². The summed E-state index contributed by atoms with van der Waals surface area (Å²) in [6, 6.07) is 1.32. The molecule has 0 amide bonds. The van der Waals surface area contributed by atoms with Gasteiger partial charge in [-0.15, -0.1) is 0 Å². The first-order valence-electron chi connectivity index (χ1n) is 8.18. The lowest BCUT2D eigenvalue weighted by atomic mass is 9.75. The van der Waals surface area contributed by atoms with Crippen molar-refractivity contribution in [2.45, 2.75) is 64.6 Å². The monoisotopic (exact) mass is 268 g/mol. The minimum Gasteiger partial charge on any atom is -0.377 e. The first kappa shape index (κ1) is 15.3. The van der Waals surface area contributed by atoms with Crippen LogP contribution in [0.25, 0.3) is 0 Å². The van der Waals surface area contributed by atoms with Crippen molar-refractivity contribution in [2.75, 3.05) is 26.7 Å². The molecule has 2 aliphatic rings. The zero-order chi connectivity index (χ0) is 13.8. The molecule has 1 saturated heterocycles. The van der Waals surface area contributed by atoms with Gasteiger partial charge in [0.2, 0.25) is 0 Å². The van der Waals surface area contributed by atoms with Crippen molar-refractivity contribution in [2.24, 2.45) is 11.8 Å². The van der Waals surface area contributed by atoms with Gasteiger partial charge in [0.1, 0.15) is 0 Å². The molecule has 5 unspecified atom stereocenters. The molecule has 1 N–H and O–H groups in total. The van der Waals surface area contributed by atoms with E-state index < -0.39 is 0 Å². The van der Waals surface area contributed by atoms with E-state index >= 15 is 0 Å². The molecule has 2 fully saturated rings. The van der Waals surface area contributed by atoms with E-state index in [-0.39, 0.29) is 0 Å². The van der Waals surface area contributed by atoms with E-state index in [1.165, 1.54) is 25.7 Å². The molecule has 0 aromatic heterocycles. The van der Waals surface area contributed by atoms with E-state index in [4.69, 9.17) is 4.74 Å². The second kappa shape index (κ2) is 7.05. The number of nitrogens with zero attached hydrogens (tertiary/aromatic N) is 1. The van der Waals surface area contributed by atoms with Gasteiger partial charge >= 0.3 is 0 Å². The fourth-order valence-corrected chi connectivity index (χ4v) is 4.25. The molecule has 0 bridgehead atoms. The predicted molar refractivity (Wildman–Crippen MR) is 80.4 cm³/mol. The lowest BCUT2D eigenvalue weighted by molar-refractivity contribution is 0.0177. The van der Waals surface area contributed by atoms with Gasteiger partial charge in [-0.1, -0.05) is 20.8 Å². The molecule has 0 aromatic carbocycles. The Bertz CT molecular complexity index is 265. The van der Waals surface area contributed by atoms with Crippen LogP contribution in [-0.4, -0.2) is 49.8 Å². The van der Waals surface area contributed by atoms with Gasteiger partial charge in [0.05, 0.1) is 6.10 Å². The third-order valence-electron chi connectivity index (χ3n) is 5.09. The number of ether oxygens (including phenoxy) is 1. The van der Waals surface area contributed by atoms with Crippen molar-refractivity contribution in [3.8, 4) is 0 Å². The Labute approximate surface area is 119 Å². The van der Waals surface area contributed by atoms with Crippen LogP contribution in [0.4, 0.5) is 0 Å². The van der Waals surface area contributed by atoms with Crippen LogP contribution in [-0.2, 0) is 4.74 Å². The maximum atomic E-state index is 5.84. The van der Waals surface area contributed by atoms with Crippen molar-refractivity contribution in [1.82, 2.24) is 10.2 Å². The number of nitrogens with one attached hydrogen (secondary N) is 1. The highest BCUT2D eigenvalue weighted by Crippen LogP contribution is 2.32. The first-order valence-corrected chi connectivity index (χ1v) is 8.18. The summed E-state index contributed by atoms with van der Waals surface area (Å²) < 4.78 is 5.84. The highest BCUT2D eigenvalue weighted by atomic mass is 16.5. The standard InChI is InChI=1S/C16H32N2O/c1-5-18(11-14-7-6-8-19-14)16-13(3)9-12(2)10-15(16)17-4/h12-17H,5-11H2,1-4H3. The molecule has 3 heteroatoms. The summed E-state index contributed by atoms with van der Waals surface area (Å²) in [5, 5.41) is 3.57. The smallest absolute Gasteiger partial charge is 0.0702 e. The van der Waals surface area contributed by atoms with Gasteiger partial charge in [0.15, 0.2) is 0 Å². The van der Waals surface area contributed by atoms with Gasteiger partial charge in [-0.25, -0.2) is 0 Å². The maximum Gasteiger partial charge on any atom is 0.0702 e.